The minimum absolute atomic E-state index is 0.0317. The number of quaternary nitrogens is 1. The lowest BCUT2D eigenvalue weighted by atomic mass is 9.68. The number of hydrogen-bond acceptors (Lipinski definition) is 3. The van der Waals surface area contributed by atoms with E-state index in [9.17, 15) is 10.0 Å². The third-order valence-electron chi connectivity index (χ3n) is 7.20. The van der Waals surface area contributed by atoms with Gasteiger partial charge < -0.3 is 15.0 Å². The van der Waals surface area contributed by atoms with Crippen molar-refractivity contribution in [2.24, 2.45) is 11.8 Å². The molecule has 1 unspecified atom stereocenters. The smallest absolute Gasteiger partial charge is 0.303 e. The summed E-state index contributed by atoms with van der Waals surface area (Å²) in [6, 6.07) is 11.2. The maximum atomic E-state index is 13.5. The number of likely N-dealkylation sites (tertiary alicyclic amines) is 1. The standard InChI is InChI=1S/C22H32N2O3/c25-21(26)12-4-11-20-19-10-6-14-24(27)13-5-9-18(22(19)24)16-23(20)15-17-7-2-1-3-8-17/h1-3,7-8,18-20,22H,4-6,9-16H2,(H,25,26)/t18-,19+,20+,22-,24?/m0/s1. The number of piperidine rings is 3. The summed E-state index contributed by atoms with van der Waals surface area (Å²) >= 11 is 0. The molecule has 3 heterocycles. The maximum absolute atomic E-state index is 13.5. The Morgan fingerprint density at radius 2 is 1.93 bits per heavy atom. The molecule has 5 atom stereocenters. The van der Waals surface area contributed by atoms with Gasteiger partial charge in [-0.05, 0) is 44.1 Å². The molecule has 148 valence electrons. The molecule has 0 amide bonds. The summed E-state index contributed by atoms with van der Waals surface area (Å²) in [5, 5.41) is 22.6. The topological polar surface area (TPSA) is 63.6 Å². The van der Waals surface area contributed by atoms with Crippen molar-refractivity contribution >= 4 is 5.97 Å². The number of hydroxylamine groups is 3. The number of carboxylic acids is 1. The summed E-state index contributed by atoms with van der Waals surface area (Å²) in [4.78, 5) is 13.6. The quantitative estimate of drug-likeness (QED) is 0.612. The van der Waals surface area contributed by atoms with Crippen molar-refractivity contribution in [3.05, 3.63) is 41.1 Å². The number of aliphatic carboxylic acids is 1. The molecule has 0 saturated carbocycles. The van der Waals surface area contributed by atoms with Crippen LogP contribution >= 0.6 is 0 Å². The molecule has 0 spiro atoms. The highest BCUT2D eigenvalue weighted by atomic mass is 16.5. The third-order valence-corrected chi connectivity index (χ3v) is 7.20. The van der Waals surface area contributed by atoms with Gasteiger partial charge in [0.1, 0.15) is 0 Å². The van der Waals surface area contributed by atoms with Crippen molar-refractivity contribution < 1.29 is 14.5 Å². The van der Waals surface area contributed by atoms with Gasteiger partial charge in [0, 0.05) is 37.4 Å². The van der Waals surface area contributed by atoms with Crippen LogP contribution in [0.1, 0.15) is 50.5 Å². The van der Waals surface area contributed by atoms with Crippen LogP contribution in [0.5, 0.6) is 0 Å². The molecule has 27 heavy (non-hydrogen) atoms. The molecule has 1 aromatic carbocycles. The highest BCUT2D eigenvalue weighted by molar-refractivity contribution is 5.66. The van der Waals surface area contributed by atoms with Gasteiger partial charge in [-0.15, -0.1) is 0 Å². The fourth-order valence-corrected chi connectivity index (χ4v) is 6.24. The van der Waals surface area contributed by atoms with Crippen molar-refractivity contribution in [3.8, 4) is 0 Å². The van der Waals surface area contributed by atoms with Gasteiger partial charge in [0.25, 0.3) is 0 Å². The highest BCUT2D eigenvalue weighted by Crippen LogP contribution is 2.47. The van der Waals surface area contributed by atoms with Crippen LogP contribution in [-0.2, 0) is 11.3 Å². The van der Waals surface area contributed by atoms with E-state index in [1.165, 1.54) is 12.0 Å². The van der Waals surface area contributed by atoms with Crippen LogP contribution in [-0.4, -0.2) is 52.3 Å². The van der Waals surface area contributed by atoms with E-state index in [2.05, 4.69) is 29.2 Å². The minimum Gasteiger partial charge on any atom is -0.633 e. The van der Waals surface area contributed by atoms with E-state index >= 15 is 0 Å². The monoisotopic (exact) mass is 372 g/mol. The van der Waals surface area contributed by atoms with E-state index in [1.807, 2.05) is 6.07 Å². The van der Waals surface area contributed by atoms with E-state index in [4.69, 9.17) is 5.11 Å². The molecule has 0 radical (unpaired) electrons. The van der Waals surface area contributed by atoms with Crippen molar-refractivity contribution in [1.29, 1.82) is 0 Å². The average molecular weight is 373 g/mol. The summed E-state index contributed by atoms with van der Waals surface area (Å²) in [5.41, 5.74) is 1.31. The Morgan fingerprint density at radius 3 is 2.67 bits per heavy atom. The molecule has 3 aliphatic heterocycles. The van der Waals surface area contributed by atoms with Gasteiger partial charge >= 0.3 is 5.97 Å². The summed E-state index contributed by atoms with van der Waals surface area (Å²) < 4.78 is 0.0317. The Kier molecular flexibility index (Phi) is 5.53. The molecule has 1 aromatic rings. The maximum Gasteiger partial charge on any atom is 0.303 e. The first-order chi connectivity index (χ1) is 13.1. The zero-order chi connectivity index (χ0) is 18.9. The van der Waals surface area contributed by atoms with Gasteiger partial charge in [0.15, 0.2) is 0 Å². The average Bonchev–Trinajstić information content (AvgIpc) is 2.64. The number of carboxylic acid groups (broad SMARTS) is 1. The first kappa shape index (κ1) is 18.9. The lowest BCUT2D eigenvalue weighted by Crippen LogP contribution is -2.70. The predicted molar refractivity (Wildman–Crippen MR) is 105 cm³/mol. The SMILES string of the molecule is O=C(O)CCC[C@@H]1[C@H]2CCC[N+]3([O-])CCC[C@@H](CN1Cc1ccccc1)[C@@H]23. The van der Waals surface area contributed by atoms with Gasteiger partial charge in [0.05, 0.1) is 19.1 Å². The number of hydrogen-bond donors (Lipinski definition) is 1. The van der Waals surface area contributed by atoms with E-state index in [1.54, 1.807) is 0 Å². The predicted octanol–water partition coefficient (Wildman–Crippen LogP) is 3.63. The van der Waals surface area contributed by atoms with Crippen molar-refractivity contribution in [2.75, 3.05) is 19.6 Å². The highest BCUT2D eigenvalue weighted by Gasteiger charge is 2.53. The summed E-state index contributed by atoms with van der Waals surface area (Å²) in [6.45, 7) is 3.49. The molecule has 4 rings (SSSR count). The largest absolute Gasteiger partial charge is 0.633 e. The molecular formula is C22H32N2O3. The van der Waals surface area contributed by atoms with Crippen LogP contribution in [0.4, 0.5) is 0 Å². The molecule has 5 nitrogen and oxygen atoms in total. The van der Waals surface area contributed by atoms with E-state index in [-0.39, 0.29) is 17.1 Å². The number of nitrogens with zero attached hydrogens (tertiary/aromatic N) is 2. The van der Waals surface area contributed by atoms with Crippen molar-refractivity contribution in [1.82, 2.24) is 4.90 Å². The van der Waals surface area contributed by atoms with Crippen LogP contribution < -0.4 is 0 Å². The molecule has 5 heteroatoms. The van der Waals surface area contributed by atoms with E-state index in [0.717, 1.165) is 51.9 Å². The van der Waals surface area contributed by atoms with Crippen LogP contribution in [0.2, 0.25) is 0 Å². The molecule has 3 aliphatic rings. The molecule has 3 fully saturated rings. The number of rotatable bonds is 6. The van der Waals surface area contributed by atoms with Gasteiger partial charge in [0.2, 0.25) is 0 Å². The Balaban J connectivity index is 1.57. The van der Waals surface area contributed by atoms with E-state index in [0.29, 0.717) is 24.3 Å². The Labute approximate surface area is 162 Å². The van der Waals surface area contributed by atoms with Crippen LogP contribution in [0.15, 0.2) is 30.3 Å². The lowest BCUT2D eigenvalue weighted by Gasteiger charge is -2.64. The molecule has 3 saturated heterocycles. The Bertz CT molecular complexity index is 648. The van der Waals surface area contributed by atoms with Crippen LogP contribution in [0, 0.1) is 17.0 Å². The van der Waals surface area contributed by atoms with Gasteiger partial charge in [-0.3, -0.25) is 9.69 Å². The zero-order valence-electron chi connectivity index (χ0n) is 16.1. The second-order valence-corrected chi connectivity index (χ2v) is 8.87. The summed E-state index contributed by atoms with van der Waals surface area (Å²) in [5.74, 6) is 0.211. The Morgan fingerprint density at radius 1 is 1.19 bits per heavy atom. The molecular weight excluding hydrogens is 340 g/mol. The number of carbonyl (C=O) groups is 1. The lowest BCUT2D eigenvalue weighted by molar-refractivity contribution is -0.926. The number of benzene rings is 1. The zero-order valence-corrected chi connectivity index (χ0v) is 16.1. The molecule has 0 aromatic heterocycles. The van der Waals surface area contributed by atoms with Gasteiger partial charge in [-0.2, -0.15) is 0 Å². The fraction of sp³-hybridized carbons (Fsp3) is 0.682. The summed E-state index contributed by atoms with van der Waals surface area (Å²) in [7, 11) is 0. The third kappa shape index (κ3) is 3.91. The minimum atomic E-state index is -0.714. The van der Waals surface area contributed by atoms with Crippen molar-refractivity contribution in [3.63, 3.8) is 0 Å². The fourth-order valence-electron chi connectivity index (χ4n) is 6.24. The second-order valence-electron chi connectivity index (χ2n) is 8.87. The van der Waals surface area contributed by atoms with Gasteiger partial charge in [-0.1, -0.05) is 30.3 Å². The second kappa shape index (κ2) is 7.90. The molecule has 1 N–H and O–H groups in total. The van der Waals surface area contributed by atoms with Crippen LogP contribution in [0.25, 0.3) is 0 Å². The van der Waals surface area contributed by atoms with Gasteiger partial charge in [-0.25, -0.2) is 0 Å². The summed E-state index contributed by atoms with van der Waals surface area (Å²) in [6.07, 6.45) is 6.22. The van der Waals surface area contributed by atoms with Crippen molar-refractivity contribution in [2.45, 2.75) is 63.6 Å². The first-order valence-electron chi connectivity index (χ1n) is 10.6. The van der Waals surface area contributed by atoms with E-state index < -0.39 is 5.97 Å². The van der Waals surface area contributed by atoms with Crippen LogP contribution in [0.3, 0.4) is 0 Å². The Hall–Kier alpha value is -1.43. The first-order valence-corrected chi connectivity index (χ1v) is 10.6. The molecule has 0 bridgehead atoms. The molecule has 0 aliphatic carbocycles. The normalized spacial score (nSPS) is 36.2.